The molecule has 34 heavy (non-hydrogen) atoms. The number of hydrogen-bond acceptors (Lipinski definition) is 5. The molecule has 0 aromatic heterocycles. The minimum absolute atomic E-state index is 0.194. The van der Waals surface area contributed by atoms with Crippen LogP contribution in [0.25, 0.3) is 11.6 Å². The van der Waals surface area contributed by atoms with Gasteiger partial charge in [0.05, 0.1) is 29.3 Å². The van der Waals surface area contributed by atoms with Crippen molar-refractivity contribution in [2.45, 2.75) is 33.2 Å². The van der Waals surface area contributed by atoms with Crippen LogP contribution in [0.5, 0.6) is 0 Å². The van der Waals surface area contributed by atoms with Crippen LogP contribution in [0.3, 0.4) is 0 Å². The number of amides is 1. The molecule has 0 unspecified atom stereocenters. The maximum absolute atomic E-state index is 15.3. The monoisotopic (exact) mass is 479 g/mol. The van der Waals surface area contributed by atoms with E-state index < -0.39 is 0 Å². The van der Waals surface area contributed by atoms with Crippen molar-refractivity contribution in [1.29, 1.82) is 0 Å². The molecule has 7 heteroatoms. The minimum atomic E-state index is -0.347. The normalized spacial score (nSPS) is 19.7. The molecule has 178 valence electrons. The first-order chi connectivity index (χ1) is 16.2. The molecule has 0 spiro atoms. The largest absolute Gasteiger partial charge is 0.383 e. The zero-order chi connectivity index (χ0) is 24.5. The molecule has 1 fully saturated rings. The summed E-state index contributed by atoms with van der Waals surface area (Å²) < 4.78 is 20.5. The third-order valence-corrected chi connectivity index (χ3v) is 7.09. The van der Waals surface area contributed by atoms with Crippen LogP contribution in [0.4, 0.5) is 15.8 Å². The van der Waals surface area contributed by atoms with Crippen LogP contribution in [-0.2, 0) is 9.53 Å². The van der Waals surface area contributed by atoms with E-state index in [-0.39, 0.29) is 17.3 Å². The van der Waals surface area contributed by atoms with Crippen LogP contribution in [-0.4, -0.2) is 48.3 Å². The number of anilines is 1. The number of likely N-dealkylation sites (N-methyl/N-ethyl adjacent to an activating group) is 1. The first-order valence-corrected chi connectivity index (χ1v) is 12.2. The molecular formula is C27H30FN3O2S. The number of nitrogens with zero attached hydrogens (tertiary/aromatic N) is 3. The van der Waals surface area contributed by atoms with Gasteiger partial charge in [-0.2, -0.15) is 0 Å². The van der Waals surface area contributed by atoms with Gasteiger partial charge in [-0.15, -0.1) is 0 Å². The summed E-state index contributed by atoms with van der Waals surface area (Å²) >= 11 is 1.26. The molecule has 2 aromatic rings. The Morgan fingerprint density at radius 2 is 1.94 bits per heavy atom. The van der Waals surface area contributed by atoms with Crippen molar-refractivity contribution >= 4 is 45.9 Å². The lowest BCUT2D eigenvalue weighted by atomic mass is 9.88. The van der Waals surface area contributed by atoms with Crippen LogP contribution in [0.15, 0.2) is 58.4 Å². The van der Waals surface area contributed by atoms with Gasteiger partial charge in [0.15, 0.2) is 5.17 Å². The van der Waals surface area contributed by atoms with Gasteiger partial charge in [-0.05, 0) is 75.4 Å². The summed E-state index contributed by atoms with van der Waals surface area (Å²) in [6, 6.07) is 12.9. The van der Waals surface area contributed by atoms with Gasteiger partial charge >= 0.3 is 0 Å². The SMILES string of the molecule is CCN1c2cc(F)c(/C=C3/SC(=Nc4ccccc4)N(CCOC)C3=O)cc2C(C)=CC1(C)C. The van der Waals surface area contributed by atoms with Gasteiger partial charge in [-0.3, -0.25) is 9.69 Å². The molecule has 1 saturated heterocycles. The number of ether oxygens (including phenoxy) is 1. The van der Waals surface area contributed by atoms with E-state index in [4.69, 9.17) is 4.74 Å². The number of thioether (sulfide) groups is 1. The van der Waals surface area contributed by atoms with E-state index in [2.05, 4.69) is 43.7 Å². The molecule has 0 N–H and O–H groups in total. The number of fused-ring (bicyclic) bond motifs is 1. The van der Waals surface area contributed by atoms with Gasteiger partial charge in [-0.25, -0.2) is 9.38 Å². The zero-order valence-electron chi connectivity index (χ0n) is 20.3. The summed E-state index contributed by atoms with van der Waals surface area (Å²) in [7, 11) is 1.59. The smallest absolute Gasteiger partial charge is 0.266 e. The van der Waals surface area contributed by atoms with E-state index >= 15 is 4.39 Å². The topological polar surface area (TPSA) is 45.1 Å². The Kier molecular flexibility index (Phi) is 6.96. The average Bonchev–Trinajstić information content (AvgIpc) is 3.07. The Morgan fingerprint density at radius 3 is 2.62 bits per heavy atom. The highest BCUT2D eigenvalue weighted by atomic mass is 32.2. The standard InChI is InChI=1S/C27H30FN3O2S/c1-6-31-23-16-22(28)19(14-21(23)18(2)17-27(31,3)4)15-24-25(32)30(12-13-33-5)26(34-24)29-20-10-8-7-9-11-20/h7-11,14-17H,6,12-13H2,1-5H3/b24-15+,29-26?. The van der Waals surface area contributed by atoms with E-state index in [0.29, 0.717) is 28.8 Å². The van der Waals surface area contributed by atoms with E-state index in [1.54, 1.807) is 24.2 Å². The van der Waals surface area contributed by atoms with Gasteiger partial charge in [0, 0.05) is 30.5 Å². The maximum Gasteiger partial charge on any atom is 0.266 e. The number of carbonyl (C=O) groups excluding carboxylic acids is 1. The van der Waals surface area contributed by atoms with Crippen molar-refractivity contribution < 1.29 is 13.9 Å². The predicted octanol–water partition coefficient (Wildman–Crippen LogP) is 6.10. The fraction of sp³-hybridized carbons (Fsp3) is 0.333. The molecule has 2 aliphatic heterocycles. The number of methoxy groups -OCH3 is 1. The third kappa shape index (κ3) is 4.68. The highest BCUT2D eigenvalue weighted by Gasteiger charge is 2.34. The Bertz CT molecular complexity index is 1190. The molecule has 5 nitrogen and oxygen atoms in total. The second-order valence-electron chi connectivity index (χ2n) is 8.91. The average molecular weight is 480 g/mol. The van der Waals surface area contributed by atoms with Crippen LogP contribution in [0.1, 0.15) is 38.8 Å². The summed E-state index contributed by atoms with van der Waals surface area (Å²) in [6.45, 7) is 9.91. The quantitative estimate of drug-likeness (QED) is 0.470. The number of para-hydroxylation sites is 1. The fourth-order valence-corrected chi connectivity index (χ4v) is 5.54. The van der Waals surface area contributed by atoms with Crippen LogP contribution < -0.4 is 4.90 Å². The molecule has 1 amide bonds. The zero-order valence-corrected chi connectivity index (χ0v) is 21.1. The number of hydrogen-bond donors (Lipinski definition) is 0. The highest BCUT2D eigenvalue weighted by Crippen LogP contribution is 2.41. The van der Waals surface area contributed by atoms with Gasteiger partial charge < -0.3 is 9.64 Å². The molecular weight excluding hydrogens is 449 g/mol. The van der Waals surface area contributed by atoms with E-state index in [1.807, 2.05) is 36.4 Å². The molecule has 0 atom stereocenters. The predicted molar refractivity (Wildman–Crippen MR) is 140 cm³/mol. The Hall–Kier alpha value is -2.90. The van der Waals surface area contributed by atoms with Crippen LogP contribution in [0, 0.1) is 5.82 Å². The molecule has 4 rings (SSSR count). The Labute approximate surface area is 205 Å². The van der Waals surface area contributed by atoms with Crippen molar-refractivity contribution in [3.8, 4) is 0 Å². The van der Waals surface area contributed by atoms with Crippen LogP contribution >= 0.6 is 11.8 Å². The number of allylic oxidation sites excluding steroid dienone is 1. The first-order valence-electron chi connectivity index (χ1n) is 11.4. The summed E-state index contributed by atoms with van der Waals surface area (Å²) in [6.07, 6.45) is 3.85. The molecule has 2 aromatic carbocycles. The van der Waals surface area contributed by atoms with Gasteiger partial charge in [-0.1, -0.05) is 24.3 Å². The third-order valence-electron chi connectivity index (χ3n) is 6.09. The number of halogens is 1. The number of rotatable bonds is 6. The molecule has 0 saturated carbocycles. The first kappa shape index (κ1) is 24.2. The highest BCUT2D eigenvalue weighted by molar-refractivity contribution is 8.18. The summed E-state index contributed by atoms with van der Waals surface area (Å²) in [5.74, 6) is -0.544. The minimum Gasteiger partial charge on any atom is -0.383 e. The number of aliphatic imine (C=N–C) groups is 1. The van der Waals surface area contributed by atoms with E-state index in [1.165, 1.54) is 11.8 Å². The Morgan fingerprint density at radius 1 is 1.21 bits per heavy atom. The molecule has 2 heterocycles. The number of benzene rings is 2. The lowest BCUT2D eigenvalue weighted by Crippen LogP contribution is -2.45. The Balaban J connectivity index is 1.73. The summed E-state index contributed by atoms with van der Waals surface area (Å²) in [5.41, 5.74) is 3.92. The second kappa shape index (κ2) is 9.76. The van der Waals surface area contributed by atoms with Crippen molar-refractivity contribution in [3.63, 3.8) is 0 Å². The maximum atomic E-state index is 15.3. The molecule has 0 radical (unpaired) electrons. The lowest BCUT2D eigenvalue weighted by molar-refractivity contribution is -0.122. The van der Waals surface area contributed by atoms with Crippen molar-refractivity contribution in [2.75, 3.05) is 31.7 Å². The summed E-state index contributed by atoms with van der Waals surface area (Å²) in [5, 5.41) is 0.563. The van der Waals surface area contributed by atoms with Gasteiger partial charge in [0.1, 0.15) is 5.82 Å². The van der Waals surface area contributed by atoms with Crippen molar-refractivity contribution in [2.24, 2.45) is 4.99 Å². The number of amidine groups is 1. The molecule has 0 aliphatic carbocycles. The van der Waals surface area contributed by atoms with Gasteiger partial charge in [0.2, 0.25) is 0 Å². The van der Waals surface area contributed by atoms with E-state index in [9.17, 15) is 4.79 Å². The van der Waals surface area contributed by atoms with E-state index in [0.717, 1.165) is 29.1 Å². The second-order valence-corrected chi connectivity index (χ2v) is 9.92. The lowest BCUT2D eigenvalue weighted by Gasteiger charge is -2.42. The van der Waals surface area contributed by atoms with Crippen LogP contribution in [0.2, 0.25) is 0 Å². The van der Waals surface area contributed by atoms with Crippen molar-refractivity contribution in [3.05, 3.63) is 70.4 Å². The molecule has 0 bridgehead atoms. The summed E-state index contributed by atoms with van der Waals surface area (Å²) in [4.78, 5) is 22.1. The van der Waals surface area contributed by atoms with Gasteiger partial charge in [0.25, 0.3) is 5.91 Å². The van der Waals surface area contributed by atoms with Crippen molar-refractivity contribution in [1.82, 2.24) is 4.90 Å². The fourth-order valence-electron chi connectivity index (χ4n) is 4.53. The molecule has 2 aliphatic rings. The number of carbonyl (C=O) groups is 1.